The van der Waals surface area contributed by atoms with Crippen molar-refractivity contribution in [1.82, 2.24) is 10.6 Å². The second-order valence-corrected chi connectivity index (χ2v) is 3.75. The van der Waals surface area contributed by atoms with Crippen molar-refractivity contribution in [2.75, 3.05) is 6.61 Å². The number of nitrogens with zero attached hydrogens (tertiary/aromatic N) is 1. The molecule has 1 amide bonds. The van der Waals surface area contributed by atoms with Crippen LogP contribution in [0.4, 0.5) is 0 Å². The third-order valence-electron chi connectivity index (χ3n) is 1.96. The summed E-state index contributed by atoms with van der Waals surface area (Å²) in [5.41, 5.74) is 0.0144. The van der Waals surface area contributed by atoms with E-state index in [2.05, 4.69) is 10.6 Å². The highest BCUT2D eigenvalue weighted by molar-refractivity contribution is 5.97. The molecule has 1 atom stereocenters. The lowest BCUT2D eigenvalue weighted by Crippen LogP contribution is -2.33. The number of nitrogens with one attached hydrogen (secondary N) is 2. The molecule has 0 aliphatic heterocycles. The molecule has 0 aromatic rings. The van der Waals surface area contributed by atoms with Crippen LogP contribution in [0, 0.1) is 11.3 Å². The van der Waals surface area contributed by atoms with Gasteiger partial charge in [-0.2, -0.15) is 5.26 Å². The molecule has 0 radical (unpaired) electrons. The van der Waals surface area contributed by atoms with E-state index in [0.717, 1.165) is 6.42 Å². The average molecular weight is 225 g/mol. The Morgan fingerprint density at radius 3 is 2.56 bits per heavy atom. The first-order valence-corrected chi connectivity index (χ1v) is 5.33. The van der Waals surface area contributed by atoms with Gasteiger partial charge in [-0.05, 0) is 20.3 Å². The fraction of sp³-hybridized carbons (Fsp3) is 0.636. The molecule has 5 nitrogen and oxygen atoms in total. The zero-order valence-corrected chi connectivity index (χ0v) is 9.95. The van der Waals surface area contributed by atoms with Gasteiger partial charge in [0.05, 0.1) is 6.61 Å². The standard InChI is InChI=1S/C11H19N3O2/c1-4-10(7-15)13-6-9(5-12)11(16)14-8(2)3/h6,8,10,13,15H,4,7H2,1-3H3,(H,14,16)/b9-6-. The van der Waals surface area contributed by atoms with E-state index in [9.17, 15) is 4.79 Å². The molecule has 90 valence electrons. The molecule has 0 aliphatic carbocycles. The molecular weight excluding hydrogens is 206 g/mol. The molecular formula is C11H19N3O2. The lowest BCUT2D eigenvalue weighted by Gasteiger charge is -2.12. The predicted molar refractivity (Wildman–Crippen MR) is 61.3 cm³/mol. The van der Waals surface area contributed by atoms with Gasteiger partial charge in [0.25, 0.3) is 5.91 Å². The van der Waals surface area contributed by atoms with Crippen LogP contribution in [0.2, 0.25) is 0 Å². The summed E-state index contributed by atoms with van der Waals surface area (Å²) in [6.07, 6.45) is 2.07. The number of aliphatic hydroxyl groups is 1. The molecule has 1 unspecified atom stereocenters. The quantitative estimate of drug-likeness (QED) is 0.447. The van der Waals surface area contributed by atoms with Crippen molar-refractivity contribution in [2.45, 2.75) is 39.3 Å². The summed E-state index contributed by atoms with van der Waals surface area (Å²) in [6, 6.07) is 1.68. The third kappa shape index (κ3) is 5.37. The molecule has 0 aromatic heterocycles. The van der Waals surface area contributed by atoms with E-state index >= 15 is 0 Å². The highest BCUT2D eigenvalue weighted by Gasteiger charge is 2.10. The maximum atomic E-state index is 11.5. The molecule has 5 heteroatoms. The van der Waals surface area contributed by atoms with Crippen molar-refractivity contribution in [3.05, 3.63) is 11.8 Å². The number of carbonyl (C=O) groups excluding carboxylic acids is 1. The highest BCUT2D eigenvalue weighted by Crippen LogP contribution is 1.95. The van der Waals surface area contributed by atoms with Gasteiger partial charge in [0.2, 0.25) is 0 Å². The molecule has 0 aliphatic rings. The third-order valence-corrected chi connectivity index (χ3v) is 1.96. The maximum Gasteiger partial charge on any atom is 0.263 e. The van der Waals surface area contributed by atoms with Crippen LogP contribution in [0.1, 0.15) is 27.2 Å². The summed E-state index contributed by atoms with van der Waals surface area (Å²) < 4.78 is 0. The van der Waals surface area contributed by atoms with Gasteiger partial charge in [0, 0.05) is 18.3 Å². The fourth-order valence-corrected chi connectivity index (χ4v) is 0.989. The lowest BCUT2D eigenvalue weighted by molar-refractivity contribution is -0.117. The van der Waals surface area contributed by atoms with E-state index in [1.807, 2.05) is 26.8 Å². The molecule has 0 spiro atoms. The monoisotopic (exact) mass is 225 g/mol. The van der Waals surface area contributed by atoms with Gasteiger partial charge in [0.15, 0.2) is 0 Å². The van der Waals surface area contributed by atoms with E-state index in [1.54, 1.807) is 0 Å². The predicted octanol–water partition coefficient (Wildman–Crippen LogP) is 0.279. The summed E-state index contributed by atoms with van der Waals surface area (Å²) in [7, 11) is 0. The molecule has 0 bridgehead atoms. The molecule has 16 heavy (non-hydrogen) atoms. The lowest BCUT2D eigenvalue weighted by atomic mass is 10.2. The van der Waals surface area contributed by atoms with Crippen LogP contribution in [0.25, 0.3) is 0 Å². The Hall–Kier alpha value is -1.54. The van der Waals surface area contributed by atoms with Gasteiger partial charge in [0.1, 0.15) is 11.6 Å². The topological polar surface area (TPSA) is 85.2 Å². The van der Waals surface area contributed by atoms with Crippen molar-refractivity contribution in [3.8, 4) is 6.07 Å². The van der Waals surface area contributed by atoms with Gasteiger partial charge in [-0.15, -0.1) is 0 Å². The molecule has 0 aromatic carbocycles. The Morgan fingerprint density at radius 2 is 2.19 bits per heavy atom. The Kier molecular flexibility index (Phi) is 6.97. The first-order chi connectivity index (χ1) is 7.54. The molecule has 0 heterocycles. The largest absolute Gasteiger partial charge is 0.394 e. The number of nitriles is 1. The van der Waals surface area contributed by atoms with E-state index in [-0.39, 0.29) is 24.3 Å². The minimum absolute atomic E-state index is 0.0101. The second-order valence-electron chi connectivity index (χ2n) is 3.75. The zero-order chi connectivity index (χ0) is 12.6. The SMILES string of the molecule is CCC(CO)N/C=C(/C#N)C(=O)NC(C)C. The van der Waals surface area contributed by atoms with Crippen LogP contribution < -0.4 is 10.6 Å². The zero-order valence-electron chi connectivity index (χ0n) is 9.95. The van der Waals surface area contributed by atoms with Gasteiger partial charge in [-0.3, -0.25) is 4.79 Å². The Bertz CT molecular complexity index is 288. The van der Waals surface area contributed by atoms with E-state index in [4.69, 9.17) is 10.4 Å². The normalized spacial score (nSPS) is 13.1. The second kappa shape index (κ2) is 7.71. The number of rotatable bonds is 6. The van der Waals surface area contributed by atoms with Crippen LogP contribution in [-0.2, 0) is 4.79 Å². The summed E-state index contributed by atoms with van der Waals surface area (Å²) >= 11 is 0. The molecule has 0 saturated heterocycles. The number of hydrogen-bond donors (Lipinski definition) is 3. The van der Waals surface area contributed by atoms with Crippen molar-refractivity contribution < 1.29 is 9.90 Å². The van der Waals surface area contributed by atoms with Crippen LogP contribution in [0.15, 0.2) is 11.8 Å². The summed E-state index contributed by atoms with van der Waals surface area (Å²) in [5.74, 6) is -0.405. The summed E-state index contributed by atoms with van der Waals surface area (Å²) in [4.78, 5) is 11.5. The highest BCUT2D eigenvalue weighted by atomic mass is 16.3. The van der Waals surface area contributed by atoms with Crippen LogP contribution in [-0.4, -0.2) is 29.7 Å². The Labute approximate surface area is 96.1 Å². The van der Waals surface area contributed by atoms with Gasteiger partial charge >= 0.3 is 0 Å². The van der Waals surface area contributed by atoms with Crippen LogP contribution in [0.5, 0.6) is 0 Å². The van der Waals surface area contributed by atoms with Gasteiger partial charge in [-0.25, -0.2) is 0 Å². The van der Waals surface area contributed by atoms with Crippen molar-refractivity contribution in [2.24, 2.45) is 0 Å². The van der Waals surface area contributed by atoms with Crippen molar-refractivity contribution >= 4 is 5.91 Å². The fourth-order valence-electron chi connectivity index (χ4n) is 0.989. The minimum Gasteiger partial charge on any atom is -0.394 e. The number of aliphatic hydroxyl groups excluding tert-OH is 1. The van der Waals surface area contributed by atoms with Gasteiger partial charge in [-0.1, -0.05) is 6.92 Å². The summed E-state index contributed by atoms with van der Waals surface area (Å²) in [6.45, 7) is 5.52. The van der Waals surface area contributed by atoms with E-state index in [1.165, 1.54) is 6.20 Å². The first kappa shape index (κ1) is 14.5. The number of amides is 1. The van der Waals surface area contributed by atoms with E-state index < -0.39 is 5.91 Å². The molecule has 0 fully saturated rings. The molecule has 0 saturated carbocycles. The van der Waals surface area contributed by atoms with Crippen molar-refractivity contribution in [3.63, 3.8) is 0 Å². The van der Waals surface area contributed by atoms with Crippen LogP contribution in [0.3, 0.4) is 0 Å². The minimum atomic E-state index is -0.405. The van der Waals surface area contributed by atoms with E-state index in [0.29, 0.717) is 0 Å². The summed E-state index contributed by atoms with van der Waals surface area (Å²) in [5, 5.41) is 23.2. The van der Waals surface area contributed by atoms with Crippen LogP contribution >= 0.6 is 0 Å². The first-order valence-electron chi connectivity index (χ1n) is 5.33. The molecule has 0 rings (SSSR count). The average Bonchev–Trinajstić information content (AvgIpc) is 2.23. The Balaban J connectivity index is 4.43. The van der Waals surface area contributed by atoms with Crippen molar-refractivity contribution in [1.29, 1.82) is 5.26 Å². The Morgan fingerprint density at radius 1 is 1.56 bits per heavy atom. The smallest absolute Gasteiger partial charge is 0.263 e. The number of hydrogen-bond acceptors (Lipinski definition) is 4. The number of carbonyl (C=O) groups is 1. The molecule has 3 N–H and O–H groups in total. The maximum absolute atomic E-state index is 11.5. The van der Waals surface area contributed by atoms with Gasteiger partial charge < -0.3 is 15.7 Å².